The third-order valence-corrected chi connectivity index (χ3v) is 10.00. The van der Waals surface area contributed by atoms with Crippen LogP contribution in [0.3, 0.4) is 0 Å². The zero-order valence-corrected chi connectivity index (χ0v) is 28.0. The summed E-state index contributed by atoms with van der Waals surface area (Å²) in [4.78, 5) is 29.6. The van der Waals surface area contributed by atoms with Crippen molar-refractivity contribution in [3.63, 3.8) is 0 Å². The maximum atomic E-state index is 14.5. The highest BCUT2D eigenvalue weighted by Gasteiger charge is 2.35. The van der Waals surface area contributed by atoms with Crippen LogP contribution in [-0.2, 0) is 32.6 Å². The van der Waals surface area contributed by atoms with Gasteiger partial charge in [0, 0.05) is 29.0 Å². The number of benzene rings is 4. The van der Waals surface area contributed by atoms with Crippen LogP contribution in [0.15, 0.2) is 106 Å². The molecule has 0 fully saturated rings. The molecule has 230 valence electrons. The smallest absolute Gasteiger partial charge is 0.264 e. The number of hydrogen-bond acceptors (Lipinski definition) is 4. The third kappa shape index (κ3) is 8.08. The summed E-state index contributed by atoms with van der Waals surface area (Å²) in [6.07, 6.45) is 0.246. The van der Waals surface area contributed by atoms with Gasteiger partial charge >= 0.3 is 0 Å². The Kier molecular flexibility index (Phi) is 11.2. The second-order valence-corrected chi connectivity index (χ2v) is 13.6. The molecular formula is C34H35BrClN3O4S. The summed E-state index contributed by atoms with van der Waals surface area (Å²) < 4.78 is 30.3. The quantitative estimate of drug-likeness (QED) is 0.179. The highest BCUT2D eigenvalue weighted by Crippen LogP contribution is 2.31. The number of halogens is 2. The fraction of sp³-hybridized carbons (Fsp3) is 0.235. The van der Waals surface area contributed by atoms with Crippen LogP contribution in [0.5, 0.6) is 0 Å². The van der Waals surface area contributed by atoms with Gasteiger partial charge in [-0.05, 0) is 73.9 Å². The molecule has 0 aliphatic rings. The standard InChI is InChI=1S/C34H35BrClN3O4S/c1-4-37-34(41)32(21-26-9-6-5-7-10-26)38(22-27-15-17-28(35)18-16-27)33(40)23-39(31-12-8-11-30(36)25(31)3)44(42,43)29-19-13-24(2)14-20-29/h5-20,32H,4,21-23H2,1-3H3,(H,37,41)/t32-/m1/s1. The predicted molar refractivity (Wildman–Crippen MR) is 179 cm³/mol. The first-order chi connectivity index (χ1) is 21.0. The normalized spacial score (nSPS) is 11.9. The van der Waals surface area contributed by atoms with E-state index in [9.17, 15) is 18.0 Å². The fourth-order valence-corrected chi connectivity index (χ4v) is 6.76. The lowest BCUT2D eigenvalue weighted by Crippen LogP contribution is -2.53. The molecule has 0 saturated heterocycles. The van der Waals surface area contributed by atoms with Crippen molar-refractivity contribution < 1.29 is 18.0 Å². The topological polar surface area (TPSA) is 86.8 Å². The number of nitrogens with one attached hydrogen (secondary N) is 1. The van der Waals surface area contributed by atoms with Crippen LogP contribution >= 0.6 is 27.5 Å². The largest absolute Gasteiger partial charge is 0.355 e. The SMILES string of the molecule is CCNC(=O)[C@@H](Cc1ccccc1)N(Cc1ccc(Br)cc1)C(=O)CN(c1cccc(Cl)c1C)S(=O)(=O)c1ccc(C)cc1. The Morgan fingerprint density at radius 1 is 0.864 bits per heavy atom. The number of nitrogens with zero attached hydrogens (tertiary/aromatic N) is 2. The van der Waals surface area contributed by atoms with Crippen molar-refractivity contribution in [1.82, 2.24) is 10.2 Å². The van der Waals surface area contributed by atoms with Crippen LogP contribution in [0.4, 0.5) is 5.69 Å². The van der Waals surface area contributed by atoms with E-state index in [1.54, 1.807) is 37.3 Å². The average molecular weight is 697 g/mol. The first kappa shape index (κ1) is 33.2. The van der Waals surface area contributed by atoms with E-state index in [1.807, 2.05) is 68.4 Å². The molecule has 0 saturated carbocycles. The summed E-state index contributed by atoms with van der Waals surface area (Å²) >= 11 is 9.89. The Labute approximate surface area is 273 Å². The summed E-state index contributed by atoms with van der Waals surface area (Å²) in [7, 11) is -4.21. The molecule has 0 unspecified atom stereocenters. The predicted octanol–water partition coefficient (Wildman–Crippen LogP) is 6.69. The van der Waals surface area contributed by atoms with E-state index in [1.165, 1.54) is 17.0 Å². The molecule has 0 aliphatic heterocycles. The number of likely N-dealkylation sites (N-methyl/N-ethyl adjacent to an activating group) is 1. The number of amides is 2. The Hall–Kier alpha value is -3.66. The van der Waals surface area contributed by atoms with Crippen molar-refractivity contribution in [3.05, 3.63) is 129 Å². The van der Waals surface area contributed by atoms with Crippen LogP contribution in [0.25, 0.3) is 0 Å². The Bertz CT molecular complexity index is 1700. The molecule has 44 heavy (non-hydrogen) atoms. The van der Waals surface area contributed by atoms with E-state index >= 15 is 0 Å². The van der Waals surface area contributed by atoms with Gasteiger partial charge in [-0.3, -0.25) is 13.9 Å². The molecule has 0 spiro atoms. The lowest BCUT2D eigenvalue weighted by atomic mass is 10.0. The molecule has 1 atom stereocenters. The fourth-order valence-electron chi connectivity index (χ4n) is 4.85. The minimum atomic E-state index is -4.21. The number of aryl methyl sites for hydroxylation is 1. The lowest BCUT2D eigenvalue weighted by Gasteiger charge is -2.34. The van der Waals surface area contributed by atoms with Gasteiger partial charge in [0.2, 0.25) is 11.8 Å². The first-order valence-electron chi connectivity index (χ1n) is 14.2. The van der Waals surface area contributed by atoms with Crippen LogP contribution in [-0.4, -0.2) is 44.3 Å². The van der Waals surface area contributed by atoms with Crippen LogP contribution in [0.2, 0.25) is 5.02 Å². The van der Waals surface area contributed by atoms with Gasteiger partial charge in [-0.2, -0.15) is 0 Å². The zero-order chi connectivity index (χ0) is 31.9. The monoisotopic (exact) mass is 695 g/mol. The molecule has 4 rings (SSSR count). The molecule has 0 aromatic heterocycles. The third-order valence-electron chi connectivity index (χ3n) is 7.28. The van der Waals surface area contributed by atoms with E-state index in [0.29, 0.717) is 17.1 Å². The maximum absolute atomic E-state index is 14.5. The Morgan fingerprint density at radius 3 is 2.16 bits per heavy atom. The van der Waals surface area contributed by atoms with Gasteiger partial charge in [-0.1, -0.05) is 93.8 Å². The number of carbonyl (C=O) groups excluding carboxylic acids is 2. The van der Waals surface area contributed by atoms with E-state index in [4.69, 9.17) is 11.6 Å². The van der Waals surface area contributed by atoms with Crippen molar-refractivity contribution in [2.75, 3.05) is 17.4 Å². The molecule has 10 heteroatoms. The van der Waals surface area contributed by atoms with Gasteiger partial charge < -0.3 is 10.2 Å². The second kappa shape index (κ2) is 14.9. The molecule has 0 aliphatic carbocycles. The average Bonchev–Trinajstić information content (AvgIpc) is 3.01. The molecule has 2 amide bonds. The van der Waals surface area contributed by atoms with Crippen LogP contribution < -0.4 is 9.62 Å². The first-order valence-corrected chi connectivity index (χ1v) is 16.8. The number of rotatable bonds is 12. The number of carbonyl (C=O) groups is 2. The summed E-state index contributed by atoms with van der Waals surface area (Å²) in [5.74, 6) is -0.858. The highest BCUT2D eigenvalue weighted by molar-refractivity contribution is 9.10. The molecule has 4 aromatic carbocycles. The summed E-state index contributed by atoms with van der Waals surface area (Å²) in [5.41, 5.74) is 3.36. The lowest BCUT2D eigenvalue weighted by molar-refractivity contribution is -0.140. The summed E-state index contributed by atoms with van der Waals surface area (Å²) in [5, 5.41) is 3.24. The molecule has 7 nitrogen and oxygen atoms in total. The van der Waals surface area contributed by atoms with Gasteiger partial charge in [0.15, 0.2) is 0 Å². The number of hydrogen-bond donors (Lipinski definition) is 1. The number of anilines is 1. The molecule has 4 aromatic rings. The van der Waals surface area contributed by atoms with Gasteiger partial charge in [0.25, 0.3) is 10.0 Å². The van der Waals surface area contributed by atoms with Crippen molar-refractivity contribution in [2.24, 2.45) is 0 Å². The van der Waals surface area contributed by atoms with Crippen molar-refractivity contribution >= 4 is 55.1 Å². The Morgan fingerprint density at radius 2 is 1.52 bits per heavy atom. The highest BCUT2D eigenvalue weighted by atomic mass is 79.9. The molecule has 0 radical (unpaired) electrons. The van der Waals surface area contributed by atoms with E-state index in [2.05, 4.69) is 21.2 Å². The molecular weight excluding hydrogens is 662 g/mol. The number of sulfonamides is 1. The van der Waals surface area contributed by atoms with E-state index in [-0.39, 0.29) is 29.5 Å². The molecule has 0 bridgehead atoms. The van der Waals surface area contributed by atoms with Gasteiger partial charge in [-0.25, -0.2) is 8.42 Å². The van der Waals surface area contributed by atoms with Gasteiger partial charge in [0.1, 0.15) is 12.6 Å². The summed E-state index contributed by atoms with van der Waals surface area (Å²) in [6.45, 7) is 5.32. The molecule has 0 heterocycles. The van der Waals surface area contributed by atoms with Crippen molar-refractivity contribution in [2.45, 2.75) is 44.7 Å². The van der Waals surface area contributed by atoms with E-state index in [0.717, 1.165) is 25.5 Å². The van der Waals surface area contributed by atoms with Crippen LogP contribution in [0, 0.1) is 13.8 Å². The van der Waals surface area contributed by atoms with E-state index < -0.39 is 28.5 Å². The van der Waals surface area contributed by atoms with Gasteiger partial charge in [-0.15, -0.1) is 0 Å². The maximum Gasteiger partial charge on any atom is 0.264 e. The minimum absolute atomic E-state index is 0.0410. The zero-order valence-electron chi connectivity index (χ0n) is 24.8. The van der Waals surface area contributed by atoms with Gasteiger partial charge in [0.05, 0.1) is 10.6 Å². The van der Waals surface area contributed by atoms with Crippen molar-refractivity contribution in [1.29, 1.82) is 0 Å². The minimum Gasteiger partial charge on any atom is -0.355 e. The van der Waals surface area contributed by atoms with Crippen LogP contribution in [0.1, 0.15) is 29.2 Å². The Balaban J connectivity index is 1.82. The molecule has 1 N–H and O–H groups in total. The summed E-state index contributed by atoms with van der Waals surface area (Å²) in [6, 6.07) is 27.4. The van der Waals surface area contributed by atoms with Crippen molar-refractivity contribution in [3.8, 4) is 0 Å². The second-order valence-electron chi connectivity index (χ2n) is 10.5.